The number of carbonyl (C=O) groups is 2. The molecule has 8 heteroatoms. The van der Waals surface area contributed by atoms with Crippen LogP contribution >= 0.6 is 11.3 Å². The van der Waals surface area contributed by atoms with Crippen LogP contribution in [-0.4, -0.2) is 28.5 Å². The van der Waals surface area contributed by atoms with Gasteiger partial charge in [-0.3, -0.25) is 14.2 Å². The molecule has 0 spiro atoms. The molecule has 0 atom stereocenters. The van der Waals surface area contributed by atoms with Gasteiger partial charge in [-0.1, -0.05) is 13.3 Å². The number of methoxy groups -OCH3 is 1. The highest BCUT2D eigenvalue weighted by Crippen LogP contribution is 2.27. The molecule has 1 amide bonds. The van der Waals surface area contributed by atoms with E-state index in [-0.39, 0.29) is 11.5 Å². The topological polar surface area (TPSA) is 90.3 Å². The Morgan fingerprint density at radius 3 is 2.61 bits per heavy atom. The van der Waals surface area contributed by atoms with E-state index >= 15 is 0 Å². The van der Waals surface area contributed by atoms with E-state index in [0.717, 1.165) is 12.8 Å². The Morgan fingerprint density at radius 1 is 1.25 bits per heavy atom. The molecule has 0 unspecified atom stereocenters. The van der Waals surface area contributed by atoms with Crippen LogP contribution in [0, 0.1) is 6.92 Å². The summed E-state index contributed by atoms with van der Waals surface area (Å²) in [5.74, 6) is -0.755. The molecule has 3 aromatic rings. The Kier molecular flexibility index (Phi) is 5.89. The number of nitrogens with one attached hydrogen (secondary N) is 1. The monoisotopic (exact) mass is 399 g/mol. The fourth-order valence-corrected chi connectivity index (χ4v) is 3.89. The summed E-state index contributed by atoms with van der Waals surface area (Å²) in [7, 11) is 1.31. The highest BCUT2D eigenvalue weighted by atomic mass is 32.1. The molecule has 0 saturated carbocycles. The zero-order valence-corrected chi connectivity index (χ0v) is 16.8. The minimum absolute atomic E-state index is 0.117. The van der Waals surface area contributed by atoms with Gasteiger partial charge in [0.1, 0.15) is 4.83 Å². The van der Waals surface area contributed by atoms with Gasteiger partial charge in [0.25, 0.3) is 11.5 Å². The lowest BCUT2D eigenvalue weighted by molar-refractivity contribution is 0.0600. The second-order valence-corrected chi connectivity index (χ2v) is 7.36. The average Bonchev–Trinajstić information content (AvgIpc) is 3.05. The van der Waals surface area contributed by atoms with E-state index in [1.54, 1.807) is 42.1 Å². The standard InChI is InChI=1S/C20H21N3O4S/c1-4-5-10-23-11-21-18-15(19(23)25)12(2)16(28-18)17(24)22-14-8-6-13(7-9-14)20(26)27-3/h6-9,11H,4-5,10H2,1-3H3,(H,22,24). The van der Waals surface area contributed by atoms with Crippen molar-refractivity contribution < 1.29 is 14.3 Å². The van der Waals surface area contributed by atoms with E-state index in [2.05, 4.69) is 22.0 Å². The van der Waals surface area contributed by atoms with E-state index in [1.807, 2.05) is 0 Å². The lowest BCUT2D eigenvalue weighted by Gasteiger charge is -2.06. The van der Waals surface area contributed by atoms with Gasteiger partial charge in [-0.15, -0.1) is 11.3 Å². The van der Waals surface area contributed by atoms with Crippen LogP contribution in [0.3, 0.4) is 0 Å². The van der Waals surface area contributed by atoms with Crippen LogP contribution in [0.2, 0.25) is 0 Å². The van der Waals surface area contributed by atoms with Crippen LogP contribution in [0.15, 0.2) is 35.4 Å². The molecule has 28 heavy (non-hydrogen) atoms. The predicted octanol–water partition coefficient (Wildman–Crippen LogP) is 3.61. The Morgan fingerprint density at radius 2 is 1.96 bits per heavy atom. The van der Waals surface area contributed by atoms with Crippen LogP contribution in [-0.2, 0) is 11.3 Å². The number of nitrogens with zero attached hydrogens (tertiary/aromatic N) is 2. The second-order valence-electron chi connectivity index (χ2n) is 6.36. The number of ether oxygens (including phenoxy) is 1. The SMILES string of the molecule is CCCCn1cnc2sc(C(=O)Nc3ccc(C(=O)OC)cc3)c(C)c2c1=O. The summed E-state index contributed by atoms with van der Waals surface area (Å²) in [6, 6.07) is 6.41. The number of fused-ring (bicyclic) bond motifs is 1. The van der Waals surface area contributed by atoms with Crippen LogP contribution in [0.1, 0.15) is 45.4 Å². The lowest BCUT2D eigenvalue weighted by atomic mass is 10.2. The van der Waals surface area contributed by atoms with Crippen LogP contribution in [0.4, 0.5) is 5.69 Å². The van der Waals surface area contributed by atoms with Crippen molar-refractivity contribution in [1.29, 1.82) is 0 Å². The Bertz CT molecular complexity index is 1080. The maximum Gasteiger partial charge on any atom is 0.337 e. The van der Waals surface area contributed by atoms with Crippen molar-refractivity contribution in [3.05, 3.63) is 57.0 Å². The van der Waals surface area contributed by atoms with Crippen molar-refractivity contribution in [1.82, 2.24) is 9.55 Å². The highest BCUT2D eigenvalue weighted by Gasteiger charge is 2.19. The molecule has 0 aliphatic heterocycles. The number of anilines is 1. The van der Waals surface area contributed by atoms with Crippen molar-refractivity contribution in [2.45, 2.75) is 33.2 Å². The smallest absolute Gasteiger partial charge is 0.337 e. The number of hydrogen-bond donors (Lipinski definition) is 1. The number of benzene rings is 1. The van der Waals surface area contributed by atoms with Gasteiger partial charge in [0.2, 0.25) is 0 Å². The van der Waals surface area contributed by atoms with Crippen molar-refractivity contribution in [2.24, 2.45) is 0 Å². The highest BCUT2D eigenvalue weighted by molar-refractivity contribution is 7.20. The van der Waals surface area contributed by atoms with Gasteiger partial charge in [-0.25, -0.2) is 9.78 Å². The molecule has 0 bridgehead atoms. The molecule has 0 fully saturated rings. The number of aromatic nitrogens is 2. The third-order valence-corrected chi connectivity index (χ3v) is 5.64. The zero-order valence-electron chi connectivity index (χ0n) is 15.9. The predicted molar refractivity (Wildman–Crippen MR) is 109 cm³/mol. The van der Waals surface area contributed by atoms with E-state index in [0.29, 0.717) is 38.5 Å². The molecule has 0 saturated heterocycles. The maximum absolute atomic E-state index is 12.7. The first-order valence-corrected chi connectivity index (χ1v) is 9.76. The third kappa shape index (κ3) is 3.82. The zero-order chi connectivity index (χ0) is 20.3. The van der Waals surface area contributed by atoms with Gasteiger partial charge in [0.05, 0.1) is 29.3 Å². The Hall–Kier alpha value is -3.00. The number of unbranched alkanes of at least 4 members (excludes halogenated alkanes) is 1. The average molecular weight is 399 g/mol. The van der Waals surface area contributed by atoms with E-state index in [4.69, 9.17) is 0 Å². The van der Waals surface area contributed by atoms with Gasteiger partial charge in [0.15, 0.2) is 0 Å². The third-order valence-electron chi connectivity index (χ3n) is 4.44. The van der Waals surface area contributed by atoms with Crippen LogP contribution in [0.5, 0.6) is 0 Å². The normalized spacial score (nSPS) is 10.8. The number of hydrogen-bond acceptors (Lipinski definition) is 6. The number of carbonyl (C=O) groups excluding carboxylic acids is 2. The first kappa shape index (κ1) is 19.8. The van der Waals surface area contributed by atoms with Gasteiger partial charge in [-0.05, 0) is 43.2 Å². The Balaban J connectivity index is 1.87. The largest absolute Gasteiger partial charge is 0.465 e. The number of thiophene rings is 1. The summed E-state index contributed by atoms with van der Waals surface area (Å²) in [4.78, 5) is 42.3. The summed E-state index contributed by atoms with van der Waals surface area (Å²) in [5.41, 5.74) is 1.46. The first-order valence-electron chi connectivity index (χ1n) is 8.94. The molecule has 0 radical (unpaired) electrons. The molecular weight excluding hydrogens is 378 g/mol. The minimum Gasteiger partial charge on any atom is -0.465 e. The number of aryl methyl sites for hydroxylation is 2. The summed E-state index contributed by atoms with van der Waals surface area (Å²) >= 11 is 1.20. The van der Waals surface area contributed by atoms with Crippen LogP contribution < -0.4 is 10.9 Å². The van der Waals surface area contributed by atoms with E-state index in [9.17, 15) is 14.4 Å². The quantitative estimate of drug-likeness (QED) is 0.640. The summed E-state index contributed by atoms with van der Waals surface area (Å²) < 4.78 is 6.25. The first-order chi connectivity index (χ1) is 13.5. The summed E-state index contributed by atoms with van der Waals surface area (Å²) in [6.07, 6.45) is 3.42. The van der Waals surface area contributed by atoms with Crippen LogP contribution in [0.25, 0.3) is 10.2 Å². The fourth-order valence-electron chi connectivity index (χ4n) is 2.86. The van der Waals surface area contributed by atoms with Crippen molar-refractivity contribution in [2.75, 3.05) is 12.4 Å². The van der Waals surface area contributed by atoms with Gasteiger partial charge in [0, 0.05) is 12.2 Å². The minimum atomic E-state index is -0.441. The molecule has 2 heterocycles. The number of rotatable bonds is 6. The molecular formula is C20H21N3O4S. The number of amides is 1. The Labute approximate surface area is 166 Å². The van der Waals surface area contributed by atoms with E-state index in [1.165, 1.54) is 18.4 Å². The van der Waals surface area contributed by atoms with Gasteiger partial charge in [-0.2, -0.15) is 0 Å². The molecule has 0 aliphatic carbocycles. The molecule has 1 aromatic carbocycles. The second kappa shape index (κ2) is 8.35. The van der Waals surface area contributed by atoms with Gasteiger partial charge >= 0.3 is 5.97 Å². The van der Waals surface area contributed by atoms with Gasteiger partial charge < -0.3 is 10.1 Å². The lowest BCUT2D eigenvalue weighted by Crippen LogP contribution is -2.20. The fraction of sp³-hybridized carbons (Fsp3) is 0.300. The molecule has 1 N–H and O–H groups in total. The molecule has 7 nitrogen and oxygen atoms in total. The number of esters is 1. The molecule has 146 valence electrons. The summed E-state index contributed by atoms with van der Waals surface area (Å²) in [5, 5.41) is 3.29. The molecule has 0 aliphatic rings. The molecule has 3 rings (SSSR count). The van der Waals surface area contributed by atoms with Crippen molar-refractivity contribution >= 4 is 39.1 Å². The maximum atomic E-state index is 12.7. The van der Waals surface area contributed by atoms with Crippen molar-refractivity contribution in [3.63, 3.8) is 0 Å². The molecule has 2 aromatic heterocycles. The van der Waals surface area contributed by atoms with Crippen molar-refractivity contribution in [3.8, 4) is 0 Å². The van der Waals surface area contributed by atoms with E-state index < -0.39 is 5.97 Å². The summed E-state index contributed by atoms with van der Waals surface area (Å²) in [6.45, 7) is 4.44.